The molecule has 0 radical (unpaired) electrons. The summed E-state index contributed by atoms with van der Waals surface area (Å²) < 4.78 is 10.2. The van der Waals surface area contributed by atoms with Gasteiger partial charge in [0.25, 0.3) is 0 Å². The molecular formula is C10H19NO3. The zero-order valence-corrected chi connectivity index (χ0v) is 9.35. The highest BCUT2D eigenvalue weighted by Gasteiger charge is 2.34. The van der Waals surface area contributed by atoms with Crippen LogP contribution in [0.4, 0.5) is 4.79 Å². The lowest BCUT2D eigenvalue weighted by atomic mass is 9.89. The first kappa shape index (κ1) is 11.3. The molecule has 1 rings (SSSR count). The number of nitrogens with one attached hydrogen (secondary N) is 1. The standard InChI is InChI=1S/C10H19NO3/c1-9(2,3)14-8(12)11-5-10(4)6-13-7-10/h5-7H2,1-4H3,(H,11,12). The Labute approximate surface area is 85.0 Å². The number of hydrogen-bond donors (Lipinski definition) is 1. The molecule has 0 spiro atoms. The van der Waals surface area contributed by atoms with Gasteiger partial charge in [-0.3, -0.25) is 0 Å². The van der Waals surface area contributed by atoms with Crippen molar-refractivity contribution in [3.05, 3.63) is 0 Å². The van der Waals surface area contributed by atoms with E-state index in [-0.39, 0.29) is 11.5 Å². The third kappa shape index (κ3) is 3.54. The SMILES string of the molecule is CC1(CNC(=O)OC(C)(C)C)COC1. The predicted octanol–water partition coefficient (Wildman–Crippen LogP) is 1.55. The fraction of sp³-hybridized carbons (Fsp3) is 0.900. The van der Waals surface area contributed by atoms with Gasteiger partial charge in [-0.25, -0.2) is 4.79 Å². The van der Waals surface area contributed by atoms with E-state index in [9.17, 15) is 4.79 Å². The lowest BCUT2D eigenvalue weighted by Gasteiger charge is -2.38. The normalized spacial score (nSPS) is 19.7. The summed E-state index contributed by atoms with van der Waals surface area (Å²) in [6, 6.07) is 0. The van der Waals surface area contributed by atoms with Crippen LogP contribution in [-0.2, 0) is 9.47 Å². The maximum Gasteiger partial charge on any atom is 0.407 e. The summed E-state index contributed by atoms with van der Waals surface area (Å²) in [6.07, 6.45) is -0.356. The van der Waals surface area contributed by atoms with Crippen LogP contribution in [0.25, 0.3) is 0 Å². The first-order valence-electron chi connectivity index (χ1n) is 4.85. The average Bonchev–Trinajstić information content (AvgIpc) is 1.94. The van der Waals surface area contributed by atoms with Crippen molar-refractivity contribution in [3.8, 4) is 0 Å². The molecule has 0 bridgehead atoms. The summed E-state index contributed by atoms with van der Waals surface area (Å²) in [5, 5.41) is 2.74. The van der Waals surface area contributed by atoms with Crippen molar-refractivity contribution in [2.24, 2.45) is 5.41 Å². The highest BCUT2D eigenvalue weighted by Crippen LogP contribution is 2.25. The molecule has 0 atom stereocenters. The molecule has 0 aromatic heterocycles. The van der Waals surface area contributed by atoms with E-state index in [1.807, 2.05) is 20.8 Å². The molecular weight excluding hydrogens is 182 g/mol. The molecule has 4 nitrogen and oxygen atoms in total. The first-order valence-corrected chi connectivity index (χ1v) is 4.85. The van der Waals surface area contributed by atoms with E-state index in [0.29, 0.717) is 19.8 Å². The number of carbonyl (C=O) groups excluding carboxylic acids is 1. The van der Waals surface area contributed by atoms with Crippen LogP contribution in [-0.4, -0.2) is 31.5 Å². The van der Waals surface area contributed by atoms with Crippen molar-refractivity contribution in [1.82, 2.24) is 5.32 Å². The summed E-state index contributed by atoms with van der Waals surface area (Å²) in [5.74, 6) is 0. The molecule has 1 saturated heterocycles. The molecule has 4 heteroatoms. The number of amides is 1. The fourth-order valence-electron chi connectivity index (χ4n) is 1.15. The zero-order valence-electron chi connectivity index (χ0n) is 9.35. The van der Waals surface area contributed by atoms with Gasteiger partial charge in [-0.15, -0.1) is 0 Å². The van der Waals surface area contributed by atoms with Crippen molar-refractivity contribution in [1.29, 1.82) is 0 Å². The summed E-state index contributed by atoms with van der Waals surface area (Å²) in [4.78, 5) is 11.3. The van der Waals surface area contributed by atoms with Gasteiger partial charge in [0.2, 0.25) is 0 Å². The topological polar surface area (TPSA) is 47.6 Å². The monoisotopic (exact) mass is 201 g/mol. The third-order valence-corrected chi connectivity index (χ3v) is 1.96. The van der Waals surface area contributed by atoms with Crippen LogP contribution in [0.2, 0.25) is 0 Å². The molecule has 1 amide bonds. The van der Waals surface area contributed by atoms with E-state index in [4.69, 9.17) is 9.47 Å². The van der Waals surface area contributed by atoms with Gasteiger partial charge in [-0.2, -0.15) is 0 Å². The van der Waals surface area contributed by atoms with Crippen molar-refractivity contribution in [3.63, 3.8) is 0 Å². The van der Waals surface area contributed by atoms with E-state index < -0.39 is 5.60 Å². The molecule has 0 aromatic carbocycles. The molecule has 0 aromatic rings. The van der Waals surface area contributed by atoms with E-state index in [1.54, 1.807) is 0 Å². The molecule has 0 saturated carbocycles. The van der Waals surface area contributed by atoms with Gasteiger partial charge in [-0.05, 0) is 20.8 Å². The van der Waals surface area contributed by atoms with Crippen molar-refractivity contribution < 1.29 is 14.3 Å². The largest absolute Gasteiger partial charge is 0.444 e. The summed E-state index contributed by atoms with van der Waals surface area (Å²) in [7, 11) is 0. The van der Waals surface area contributed by atoms with Gasteiger partial charge < -0.3 is 14.8 Å². The van der Waals surface area contributed by atoms with Gasteiger partial charge in [0.05, 0.1) is 13.2 Å². The lowest BCUT2D eigenvalue weighted by Crippen LogP contribution is -2.49. The minimum Gasteiger partial charge on any atom is -0.444 e. The van der Waals surface area contributed by atoms with Crippen LogP contribution in [0, 0.1) is 5.41 Å². The highest BCUT2D eigenvalue weighted by molar-refractivity contribution is 5.67. The van der Waals surface area contributed by atoms with Crippen LogP contribution >= 0.6 is 0 Å². The quantitative estimate of drug-likeness (QED) is 0.737. The molecule has 0 unspecified atom stereocenters. The van der Waals surface area contributed by atoms with Crippen LogP contribution in [0.1, 0.15) is 27.7 Å². The maximum atomic E-state index is 11.3. The Balaban J connectivity index is 2.21. The number of rotatable bonds is 2. The van der Waals surface area contributed by atoms with Crippen LogP contribution in [0.15, 0.2) is 0 Å². The van der Waals surface area contributed by atoms with Crippen molar-refractivity contribution in [2.75, 3.05) is 19.8 Å². The van der Waals surface area contributed by atoms with Crippen LogP contribution < -0.4 is 5.32 Å². The van der Waals surface area contributed by atoms with E-state index in [1.165, 1.54) is 0 Å². The Morgan fingerprint density at radius 1 is 1.50 bits per heavy atom. The average molecular weight is 201 g/mol. The maximum absolute atomic E-state index is 11.3. The van der Waals surface area contributed by atoms with Gasteiger partial charge in [0.1, 0.15) is 5.60 Å². The van der Waals surface area contributed by atoms with E-state index in [0.717, 1.165) is 0 Å². The molecule has 1 aliphatic rings. The second-order valence-corrected chi connectivity index (χ2v) is 5.16. The zero-order chi connectivity index (χ0) is 10.8. The number of carbonyl (C=O) groups is 1. The highest BCUT2D eigenvalue weighted by atomic mass is 16.6. The van der Waals surface area contributed by atoms with Gasteiger partial charge >= 0.3 is 6.09 Å². The minimum absolute atomic E-state index is 0.0942. The van der Waals surface area contributed by atoms with Gasteiger partial charge in [0, 0.05) is 12.0 Å². The Morgan fingerprint density at radius 3 is 2.43 bits per heavy atom. The minimum atomic E-state index is -0.429. The first-order chi connectivity index (χ1) is 6.31. The Morgan fingerprint density at radius 2 is 2.07 bits per heavy atom. The summed E-state index contributed by atoms with van der Waals surface area (Å²) in [6.45, 7) is 9.66. The second-order valence-electron chi connectivity index (χ2n) is 5.16. The van der Waals surface area contributed by atoms with Crippen molar-refractivity contribution in [2.45, 2.75) is 33.3 Å². The lowest BCUT2D eigenvalue weighted by molar-refractivity contribution is -0.0989. The number of alkyl carbamates (subject to hydrolysis) is 1. The molecule has 14 heavy (non-hydrogen) atoms. The van der Waals surface area contributed by atoms with E-state index >= 15 is 0 Å². The van der Waals surface area contributed by atoms with Crippen LogP contribution in [0.3, 0.4) is 0 Å². The summed E-state index contributed by atoms with van der Waals surface area (Å²) in [5.41, 5.74) is -0.335. The predicted molar refractivity (Wildman–Crippen MR) is 53.2 cm³/mol. The molecule has 0 aliphatic carbocycles. The second kappa shape index (κ2) is 3.77. The molecule has 1 aliphatic heterocycles. The van der Waals surface area contributed by atoms with Gasteiger partial charge in [0.15, 0.2) is 0 Å². The smallest absolute Gasteiger partial charge is 0.407 e. The third-order valence-electron chi connectivity index (χ3n) is 1.96. The van der Waals surface area contributed by atoms with Gasteiger partial charge in [-0.1, -0.05) is 6.92 Å². The number of hydrogen-bond acceptors (Lipinski definition) is 3. The molecule has 1 heterocycles. The van der Waals surface area contributed by atoms with E-state index in [2.05, 4.69) is 12.2 Å². The van der Waals surface area contributed by atoms with Crippen molar-refractivity contribution >= 4 is 6.09 Å². The Bertz CT molecular complexity index is 216. The Hall–Kier alpha value is -0.770. The molecule has 1 N–H and O–H groups in total. The molecule has 1 fully saturated rings. The molecule has 82 valence electrons. The fourth-order valence-corrected chi connectivity index (χ4v) is 1.15. The van der Waals surface area contributed by atoms with Crippen LogP contribution in [0.5, 0.6) is 0 Å². The Kier molecular flexibility index (Phi) is 3.04. The number of ether oxygens (including phenoxy) is 2. The summed E-state index contributed by atoms with van der Waals surface area (Å²) >= 11 is 0.